The highest BCUT2D eigenvalue weighted by atomic mass is 16.1. The third-order valence-corrected chi connectivity index (χ3v) is 3.69. The molecule has 0 bridgehead atoms. The van der Waals surface area contributed by atoms with Gasteiger partial charge in [0.1, 0.15) is 17.3 Å². The molecule has 0 spiro atoms. The van der Waals surface area contributed by atoms with E-state index in [1.165, 1.54) is 11.1 Å². The zero-order chi connectivity index (χ0) is 18.2. The van der Waals surface area contributed by atoms with E-state index in [0.29, 0.717) is 30.4 Å². The van der Waals surface area contributed by atoms with Crippen molar-refractivity contribution in [3.63, 3.8) is 0 Å². The molecular formula is C19H27N5O. The Labute approximate surface area is 149 Å². The number of hydrogen-bond donors (Lipinski definition) is 2. The van der Waals surface area contributed by atoms with Crippen LogP contribution >= 0.6 is 0 Å². The van der Waals surface area contributed by atoms with Crippen molar-refractivity contribution >= 4 is 11.7 Å². The lowest BCUT2D eigenvalue weighted by molar-refractivity contribution is 0.0947. The first kappa shape index (κ1) is 18.9. The molecule has 0 radical (unpaired) electrons. The van der Waals surface area contributed by atoms with Gasteiger partial charge >= 0.3 is 0 Å². The average molecular weight is 341 g/mol. The zero-order valence-corrected chi connectivity index (χ0v) is 15.5. The van der Waals surface area contributed by atoms with Crippen LogP contribution in [-0.4, -0.2) is 48.0 Å². The fraction of sp³-hybridized carbons (Fsp3) is 0.421. The Bertz CT molecular complexity index is 715. The number of nitrogens with zero attached hydrogens (tertiary/aromatic N) is 3. The lowest BCUT2D eigenvalue weighted by Gasteiger charge is -2.11. The van der Waals surface area contributed by atoms with Crippen LogP contribution in [0.3, 0.4) is 0 Å². The summed E-state index contributed by atoms with van der Waals surface area (Å²) in [5.41, 5.74) is 2.78. The van der Waals surface area contributed by atoms with Gasteiger partial charge in [0, 0.05) is 19.2 Å². The molecule has 2 aromatic rings. The summed E-state index contributed by atoms with van der Waals surface area (Å²) in [7, 11) is 4.03. The van der Waals surface area contributed by atoms with E-state index < -0.39 is 0 Å². The molecule has 0 saturated heterocycles. The van der Waals surface area contributed by atoms with E-state index >= 15 is 0 Å². The molecule has 2 N–H and O–H groups in total. The molecular weight excluding hydrogens is 314 g/mol. The van der Waals surface area contributed by atoms with E-state index in [0.717, 1.165) is 13.0 Å². The Hall–Kier alpha value is -2.47. The van der Waals surface area contributed by atoms with Crippen LogP contribution in [0.25, 0.3) is 0 Å². The summed E-state index contributed by atoms with van der Waals surface area (Å²) in [4.78, 5) is 23.0. The van der Waals surface area contributed by atoms with Crippen molar-refractivity contribution in [2.45, 2.75) is 26.8 Å². The van der Waals surface area contributed by atoms with Gasteiger partial charge < -0.3 is 15.5 Å². The van der Waals surface area contributed by atoms with Gasteiger partial charge in [-0.05, 0) is 46.5 Å². The van der Waals surface area contributed by atoms with Crippen LogP contribution in [0, 0.1) is 13.8 Å². The van der Waals surface area contributed by atoms with E-state index in [1.54, 1.807) is 13.0 Å². The second-order valence-corrected chi connectivity index (χ2v) is 6.44. The molecule has 0 fully saturated rings. The predicted molar refractivity (Wildman–Crippen MR) is 101 cm³/mol. The predicted octanol–water partition coefficient (Wildman–Crippen LogP) is 2.39. The van der Waals surface area contributed by atoms with Crippen molar-refractivity contribution in [2.24, 2.45) is 0 Å². The maximum Gasteiger partial charge on any atom is 0.270 e. The number of rotatable bonds is 8. The van der Waals surface area contributed by atoms with Crippen LogP contribution in [0.15, 0.2) is 30.3 Å². The fourth-order valence-electron chi connectivity index (χ4n) is 2.48. The molecule has 1 heterocycles. The van der Waals surface area contributed by atoms with Crippen molar-refractivity contribution < 1.29 is 4.79 Å². The van der Waals surface area contributed by atoms with E-state index in [4.69, 9.17) is 0 Å². The number of anilines is 1. The minimum absolute atomic E-state index is 0.164. The smallest absolute Gasteiger partial charge is 0.270 e. The lowest BCUT2D eigenvalue weighted by atomic mass is 10.1. The average Bonchev–Trinajstić information content (AvgIpc) is 2.56. The van der Waals surface area contributed by atoms with Crippen LogP contribution in [0.2, 0.25) is 0 Å². The monoisotopic (exact) mass is 341 g/mol. The molecule has 0 atom stereocenters. The van der Waals surface area contributed by atoms with Gasteiger partial charge in [-0.15, -0.1) is 0 Å². The minimum atomic E-state index is -0.164. The number of hydrogen-bond acceptors (Lipinski definition) is 5. The molecule has 1 aromatic heterocycles. The van der Waals surface area contributed by atoms with Crippen LogP contribution in [-0.2, 0) is 6.54 Å². The first-order chi connectivity index (χ1) is 11.9. The molecule has 2 rings (SSSR count). The van der Waals surface area contributed by atoms with Crippen molar-refractivity contribution in [2.75, 3.05) is 32.5 Å². The van der Waals surface area contributed by atoms with Gasteiger partial charge in [-0.1, -0.05) is 29.8 Å². The summed E-state index contributed by atoms with van der Waals surface area (Å²) in [6.07, 6.45) is 0.904. The van der Waals surface area contributed by atoms with E-state index in [2.05, 4.69) is 50.6 Å². The van der Waals surface area contributed by atoms with Gasteiger partial charge in [0.2, 0.25) is 0 Å². The van der Waals surface area contributed by atoms with Crippen molar-refractivity contribution in [3.8, 4) is 0 Å². The Morgan fingerprint density at radius 3 is 2.68 bits per heavy atom. The van der Waals surface area contributed by atoms with E-state index in [9.17, 15) is 4.79 Å². The number of amides is 1. The van der Waals surface area contributed by atoms with Crippen molar-refractivity contribution in [3.05, 3.63) is 53.0 Å². The Kier molecular flexibility index (Phi) is 6.89. The van der Waals surface area contributed by atoms with Crippen LogP contribution in [0.5, 0.6) is 0 Å². The molecule has 1 amide bonds. The van der Waals surface area contributed by atoms with Gasteiger partial charge in [0.05, 0.1) is 0 Å². The normalized spacial score (nSPS) is 10.8. The van der Waals surface area contributed by atoms with Crippen LogP contribution < -0.4 is 10.6 Å². The quantitative estimate of drug-likeness (QED) is 0.722. The first-order valence-electron chi connectivity index (χ1n) is 8.52. The van der Waals surface area contributed by atoms with Gasteiger partial charge in [0.15, 0.2) is 0 Å². The number of nitrogens with one attached hydrogen (secondary N) is 2. The third-order valence-electron chi connectivity index (χ3n) is 3.69. The second kappa shape index (κ2) is 9.13. The summed E-state index contributed by atoms with van der Waals surface area (Å²) in [5, 5.41) is 6.18. The lowest BCUT2D eigenvalue weighted by Crippen LogP contribution is -2.28. The third kappa shape index (κ3) is 6.51. The second-order valence-electron chi connectivity index (χ2n) is 6.44. The molecule has 0 aliphatic heterocycles. The van der Waals surface area contributed by atoms with Crippen molar-refractivity contribution in [1.82, 2.24) is 20.2 Å². The number of carbonyl (C=O) groups excluding carboxylic acids is 1. The number of aryl methyl sites for hydroxylation is 2. The fourth-order valence-corrected chi connectivity index (χ4v) is 2.48. The molecule has 0 saturated carbocycles. The van der Waals surface area contributed by atoms with Gasteiger partial charge in [-0.3, -0.25) is 4.79 Å². The Morgan fingerprint density at radius 1 is 1.16 bits per heavy atom. The molecule has 6 heteroatoms. The van der Waals surface area contributed by atoms with Gasteiger partial charge in [-0.2, -0.15) is 0 Å². The largest absolute Gasteiger partial charge is 0.366 e. The highest BCUT2D eigenvalue weighted by Gasteiger charge is 2.10. The molecule has 0 unspecified atom stereocenters. The molecule has 0 aliphatic carbocycles. The molecule has 6 nitrogen and oxygen atoms in total. The number of carbonyl (C=O) groups is 1. The highest BCUT2D eigenvalue weighted by molar-refractivity contribution is 5.92. The first-order valence-corrected chi connectivity index (χ1v) is 8.52. The highest BCUT2D eigenvalue weighted by Crippen LogP contribution is 2.10. The molecule has 25 heavy (non-hydrogen) atoms. The number of aromatic nitrogens is 2. The van der Waals surface area contributed by atoms with E-state index in [-0.39, 0.29) is 5.91 Å². The maximum absolute atomic E-state index is 12.3. The summed E-state index contributed by atoms with van der Waals surface area (Å²) in [6.45, 7) is 6.08. The van der Waals surface area contributed by atoms with Crippen LogP contribution in [0.1, 0.15) is 33.9 Å². The Balaban J connectivity index is 1.95. The molecule has 0 aliphatic rings. The summed E-state index contributed by atoms with van der Waals surface area (Å²) in [6, 6.07) is 9.98. The summed E-state index contributed by atoms with van der Waals surface area (Å²) < 4.78 is 0. The van der Waals surface area contributed by atoms with Gasteiger partial charge in [-0.25, -0.2) is 9.97 Å². The SMILES string of the molecule is Cc1cccc(CNc2cc(C(=O)NCCCN(C)C)nc(C)n2)c1. The molecule has 1 aromatic carbocycles. The summed E-state index contributed by atoms with van der Waals surface area (Å²) >= 11 is 0. The van der Waals surface area contributed by atoms with Crippen molar-refractivity contribution in [1.29, 1.82) is 0 Å². The topological polar surface area (TPSA) is 70.2 Å². The van der Waals surface area contributed by atoms with Crippen LogP contribution in [0.4, 0.5) is 5.82 Å². The standard InChI is InChI=1S/C19H27N5O/c1-14-7-5-8-16(11-14)13-21-18-12-17(22-15(2)23-18)19(25)20-9-6-10-24(3)4/h5,7-8,11-12H,6,9-10,13H2,1-4H3,(H,20,25)(H,21,22,23). The zero-order valence-electron chi connectivity index (χ0n) is 15.5. The number of benzene rings is 1. The Morgan fingerprint density at radius 2 is 1.96 bits per heavy atom. The van der Waals surface area contributed by atoms with Gasteiger partial charge in [0.25, 0.3) is 5.91 Å². The molecule has 134 valence electrons. The van der Waals surface area contributed by atoms with E-state index in [1.807, 2.05) is 20.2 Å². The summed E-state index contributed by atoms with van der Waals surface area (Å²) in [5.74, 6) is 1.07. The minimum Gasteiger partial charge on any atom is -0.366 e. The maximum atomic E-state index is 12.3.